The summed E-state index contributed by atoms with van der Waals surface area (Å²) >= 11 is 4.44. The first-order valence-corrected chi connectivity index (χ1v) is 2.99. The molecule has 0 fully saturated rings. The van der Waals surface area contributed by atoms with Crippen molar-refractivity contribution in [3.05, 3.63) is 30.3 Å². The van der Waals surface area contributed by atoms with Crippen molar-refractivity contribution in [1.29, 1.82) is 0 Å². The van der Waals surface area contributed by atoms with Gasteiger partial charge in [-0.25, -0.2) is 0 Å². The van der Waals surface area contributed by atoms with Gasteiger partial charge < -0.3 is 0 Å². The number of rotatable bonds is 1. The van der Waals surface area contributed by atoms with Crippen LogP contribution in [0.1, 0.15) is 0 Å². The van der Waals surface area contributed by atoms with Gasteiger partial charge in [0.05, 0.1) is 5.69 Å². The Morgan fingerprint density at radius 3 is 1.91 bits per heavy atom. The third kappa shape index (κ3) is 5.50. The van der Waals surface area contributed by atoms with Crippen LogP contribution in [0.15, 0.2) is 34.7 Å². The molecule has 0 atom stereocenters. The Bertz CT molecular complexity index is 195. The van der Waals surface area contributed by atoms with Crippen molar-refractivity contribution >= 4 is 18.1 Å². The highest BCUT2D eigenvalue weighted by molar-refractivity contribution is 7.47. The first-order valence-electron chi connectivity index (χ1n) is 2.63. The molecule has 0 saturated heterocycles. The van der Waals surface area contributed by atoms with E-state index in [1.54, 1.807) is 0 Å². The van der Waals surface area contributed by atoms with Gasteiger partial charge in [0.1, 0.15) is 0 Å². The van der Waals surface area contributed by atoms with Gasteiger partial charge in [-0.3, -0.25) is 0 Å². The van der Waals surface area contributed by atoms with E-state index in [0.29, 0.717) is 0 Å². The maximum absolute atomic E-state index is 9.12. The summed E-state index contributed by atoms with van der Waals surface area (Å²) in [7, 11) is 0. The monoisotopic (exact) mass is 177 g/mol. The molecular formula is C6H5F2NOS. The van der Waals surface area contributed by atoms with Crippen LogP contribution in [0.4, 0.5) is 14.7 Å². The van der Waals surface area contributed by atoms with E-state index >= 15 is 0 Å². The lowest BCUT2D eigenvalue weighted by molar-refractivity contribution is -0.317. The van der Waals surface area contributed by atoms with Crippen LogP contribution in [0.2, 0.25) is 0 Å². The van der Waals surface area contributed by atoms with Crippen LogP contribution < -0.4 is 0 Å². The summed E-state index contributed by atoms with van der Waals surface area (Å²) in [5.41, 5.74) is 0.850. The van der Waals surface area contributed by atoms with E-state index < -0.39 is 0 Å². The molecular weight excluding hydrogens is 172 g/mol. The van der Waals surface area contributed by atoms with Crippen LogP contribution in [0, 0.1) is 0 Å². The molecule has 0 aliphatic rings. The Morgan fingerprint density at radius 1 is 1.18 bits per heavy atom. The van der Waals surface area contributed by atoms with Crippen molar-refractivity contribution in [2.24, 2.45) is 4.36 Å². The zero-order valence-corrected chi connectivity index (χ0v) is 6.22. The highest BCUT2D eigenvalue weighted by Crippen LogP contribution is 2.07. The van der Waals surface area contributed by atoms with Gasteiger partial charge in [0, 0.05) is 17.6 Å². The molecule has 0 aliphatic heterocycles. The smallest absolute Gasteiger partial charge is 0.0769 e. The molecule has 60 valence electrons. The number of nitrogens with zero attached hydrogens (tertiary/aromatic N) is 1. The fourth-order valence-corrected chi connectivity index (χ4v) is 0.611. The van der Waals surface area contributed by atoms with E-state index in [1.807, 2.05) is 30.3 Å². The number of halogens is 2. The summed E-state index contributed by atoms with van der Waals surface area (Å²) in [6.45, 7) is 0. The molecule has 11 heavy (non-hydrogen) atoms. The minimum absolute atomic E-state index is 0.850. The molecule has 1 aromatic carbocycles. The molecule has 0 saturated carbocycles. The molecule has 0 radical (unpaired) electrons. The van der Waals surface area contributed by atoms with Gasteiger partial charge in [-0.15, -0.1) is 0 Å². The molecule has 0 aliphatic carbocycles. The Balaban J connectivity index is 0.000000292. The minimum Gasteiger partial charge on any atom is -0.182 e. The Labute approximate surface area is 67.8 Å². The summed E-state index contributed by atoms with van der Waals surface area (Å²) in [6, 6.07) is 9.49. The van der Waals surface area contributed by atoms with Gasteiger partial charge in [-0.2, -0.15) is 4.36 Å². The second kappa shape index (κ2) is 7.17. The second-order valence-electron chi connectivity index (χ2n) is 1.49. The van der Waals surface area contributed by atoms with E-state index in [1.165, 1.54) is 5.15 Å². The lowest BCUT2D eigenvalue weighted by atomic mass is 10.3. The first kappa shape index (κ1) is 10.1. The van der Waals surface area contributed by atoms with E-state index in [2.05, 4.69) is 16.8 Å². The lowest BCUT2D eigenvalue weighted by Crippen LogP contribution is -1.56. The van der Waals surface area contributed by atoms with Crippen molar-refractivity contribution in [3.8, 4) is 0 Å². The molecule has 0 bridgehead atoms. The SMILES string of the molecule is FOF.S=Nc1ccccc1. The van der Waals surface area contributed by atoms with Crippen molar-refractivity contribution < 1.29 is 14.2 Å². The van der Waals surface area contributed by atoms with Crippen LogP contribution in [0.3, 0.4) is 0 Å². The second-order valence-corrected chi connectivity index (χ2v) is 1.67. The first-order chi connectivity index (χ1) is 5.35. The van der Waals surface area contributed by atoms with Gasteiger partial charge in [0.2, 0.25) is 0 Å². The third-order valence-electron chi connectivity index (χ3n) is 0.862. The predicted octanol–water partition coefficient (Wildman–Crippen LogP) is 2.82. The number of hydrogen-bond donors (Lipinski definition) is 0. The van der Waals surface area contributed by atoms with Crippen molar-refractivity contribution in [2.45, 2.75) is 0 Å². The summed E-state index contributed by atoms with van der Waals surface area (Å²) < 4.78 is 21.8. The summed E-state index contributed by atoms with van der Waals surface area (Å²) in [5, 5.41) is 1.25. The van der Waals surface area contributed by atoms with E-state index in [0.717, 1.165) is 5.69 Å². The molecule has 0 unspecified atom stereocenters. The van der Waals surface area contributed by atoms with Crippen molar-refractivity contribution in [2.75, 3.05) is 0 Å². The minimum atomic E-state index is 0.850. The Morgan fingerprint density at radius 2 is 1.64 bits per heavy atom. The molecule has 0 amide bonds. The molecule has 1 aromatic rings. The lowest BCUT2D eigenvalue weighted by Gasteiger charge is -1.83. The van der Waals surface area contributed by atoms with E-state index in [-0.39, 0.29) is 0 Å². The van der Waals surface area contributed by atoms with Gasteiger partial charge in [-0.1, -0.05) is 18.2 Å². The van der Waals surface area contributed by atoms with Crippen LogP contribution >= 0.6 is 0 Å². The van der Waals surface area contributed by atoms with Crippen LogP contribution in [0.5, 0.6) is 0 Å². The van der Waals surface area contributed by atoms with Gasteiger partial charge in [-0.05, 0) is 21.2 Å². The summed E-state index contributed by atoms with van der Waals surface area (Å²) in [6.07, 6.45) is 0. The molecule has 0 N–H and O–H groups in total. The Kier molecular flexibility index (Phi) is 6.56. The quantitative estimate of drug-likeness (QED) is 0.657. The Hall–Kier alpha value is -0.940. The molecule has 5 heteroatoms. The van der Waals surface area contributed by atoms with Crippen molar-refractivity contribution in [3.63, 3.8) is 0 Å². The van der Waals surface area contributed by atoms with E-state index in [4.69, 9.17) is 9.05 Å². The number of benzene rings is 1. The molecule has 0 heterocycles. The zero-order valence-electron chi connectivity index (χ0n) is 5.41. The average molecular weight is 177 g/mol. The maximum Gasteiger partial charge on any atom is 0.0769 e. The number of hydrogen-bond acceptors (Lipinski definition) is 3. The third-order valence-corrected chi connectivity index (χ3v) is 1.07. The molecule has 0 spiro atoms. The molecule has 2 nitrogen and oxygen atoms in total. The molecule has 0 aromatic heterocycles. The predicted molar refractivity (Wildman–Crippen MR) is 39.2 cm³/mol. The largest absolute Gasteiger partial charge is 0.182 e. The van der Waals surface area contributed by atoms with Crippen LogP contribution in [-0.4, -0.2) is 0 Å². The van der Waals surface area contributed by atoms with Crippen molar-refractivity contribution in [1.82, 2.24) is 0 Å². The summed E-state index contributed by atoms with van der Waals surface area (Å²) in [5.74, 6) is 0. The zero-order chi connectivity index (χ0) is 8.53. The topological polar surface area (TPSA) is 21.6 Å². The fourth-order valence-electron chi connectivity index (χ4n) is 0.489. The standard InChI is InChI=1S/C6H5NS.F2O/c8-7-6-4-2-1-3-5-6;1-3-2/h1-5H;. The maximum atomic E-state index is 9.12. The fraction of sp³-hybridized carbons (Fsp3) is 0. The summed E-state index contributed by atoms with van der Waals surface area (Å²) in [4.78, 5) is 0. The van der Waals surface area contributed by atoms with Gasteiger partial charge in [0.15, 0.2) is 0 Å². The van der Waals surface area contributed by atoms with E-state index in [9.17, 15) is 0 Å². The molecule has 1 rings (SSSR count). The average Bonchev–Trinajstić information content (AvgIpc) is 2.08. The highest BCUT2D eigenvalue weighted by Gasteiger charge is 1.78. The van der Waals surface area contributed by atoms with Crippen LogP contribution in [0.25, 0.3) is 0 Å². The highest BCUT2D eigenvalue weighted by atomic mass is 32.1. The normalized spacial score (nSPS) is 7.82. The van der Waals surface area contributed by atoms with Gasteiger partial charge in [0.25, 0.3) is 0 Å². The van der Waals surface area contributed by atoms with Crippen LogP contribution in [-0.2, 0) is 17.6 Å². The van der Waals surface area contributed by atoms with Gasteiger partial charge >= 0.3 is 0 Å².